The topological polar surface area (TPSA) is 74.4 Å². The molecule has 158 valence electrons. The van der Waals surface area contributed by atoms with Crippen LogP contribution in [0.3, 0.4) is 0 Å². The van der Waals surface area contributed by atoms with Crippen molar-refractivity contribution in [1.82, 2.24) is 4.98 Å². The number of nitrogens with zero attached hydrogens (tertiary/aromatic N) is 1. The smallest absolute Gasteiger partial charge is 0.225 e. The Morgan fingerprint density at radius 3 is 2.66 bits per heavy atom. The van der Waals surface area contributed by atoms with Gasteiger partial charge in [0.25, 0.3) is 0 Å². The van der Waals surface area contributed by atoms with E-state index in [9.17, 15) is 4.79 Å². The van der Waals surface area contributed by atoms with Crippen LogP contribution in [-0.4, -0.2) is 17.9 Å². The van der Waals surface area contributed by atoms with E-state index in [1.54, 1.807) is 7.11 Å². The van der Waals surface area contributed by atoms with Gasteiger partial charge in [0.2, 0.25) is 5.88 Å². The molecule has 6 rings (SSSR count). The molecule has 1 atom stereocenters. The van der Waals surface area contributed by atoms with Gasteiger partial charge in [-0.1, -0.05) is 48.5 Å². The summed E-state index contributed by atoms with van der Waals surface area (Å²) in [5, 5.41) is 2.13. The number of aryl methyl sites for hydroxylation is 1. The van der Waals surface area contributed by atoms with Crippen LogP contribution < -0.4 is 15.2 Å². The quantitative estimate of drug-likeness (QED) is 0.399. The normalized spacial score (nSPS) is 16.7. The second-order valence-corrected chi connectivity index (χ2v) is 8.36. The van der Waals surface area contributed by atoms with E-state index in [-0.39, 0.29) is 11.7 Å². The number of aromatic nitrogens is 1. The molecule has 0 saturated heterocycles. The third kappa shape index (κ3) is 2.71. The molecule has 1 aromatic heterocycles. The standard InChI is InChI=1S/C27H22N2O3/c1-31-17-12-9-16(10-13-17)22-19-14-11-15-5-2-3-6-18(15)26(19)32-27-24(22)25(28)23-20(29-27)7-4-8-21(23)30/h2-3,5-6,9-14,22H,4,7-8H2,1H3,(H2,28,29). The molecule has 32 heavy (non-hydrogen) atoms. The molecule has 5 heteroatoms. The third-order valence-electron chi connectivity index (χ3n) is 6.57. The molecule has 0 spiro atoms. The first-order valence-electron chi connectivity index (χ1n) is 10.8. The van der Waals surface area contributed by atoms with Crippen LogP contribution in [0, 0.1) is 0 Å². The number of hydrogen-bond donors (Lipinski definition) is 1. The Hall–Kier alpha value is -3.86. The van der Waals surface area contributed by atoms with Gasteiger partial charge in [0.05, 0.1) is 29.6 Å². The Balaban J connectivity index is 1.66. The van der Waals surface area contributed by atoms with Crippen LogP contribution in [0.4, 0.5) is 5.69 Å². The zero-order valence-electron chi connectivity index (χ0n) is 17.7. The highest BCUT2D eigenvalue weighted by Crippen LogP contribution is 2.52. The molecular weight excluding hydrogens is 400 g/mol. The van der Waals surface area contributed by atoms with E-state index in [1.165, 1.54) is 0 Å². The van der Waals surface area contributed by atoms with Crippen LogP contribution in [0.1, 0.15) is 51.5 Å². The fourth-order valence-electron chi connectivity index (χ4n) is 5.03. The molecular formula is C27H22N2O3. The zero-order chi connectivity index (χ0) is 21.8. The van der Waals surface area contributed by atoms with Gasteiger partial charge in [-0.15, -0.1) is 0 Å². The number of nitrogens with two attached hydrogens (primary N) is 1. The van der Waals surface area contributed by atoms with Gasteiger partial charge in [-0.2, -0.15) is 0 Å². The maximum Gasteiger partial charge on any atom is 0.225 e. The molecule has 4 aromatic rings. The Labute approximate surface area is 185 Å². The lowest BCUT2D eigenvalue weighted by molar-refractivity contribution is 0.0972. The lowest BCUT2D eigenvalue weighted by atomic mass is 9.79. The molecule has 5 nitrogen and oxygen atoms in total. The SMILES string of the molecule is COc1ccc(C2c3ccc4ccccc4c3Oc3nc4c(c(N)c32)C(=O)CCC4)cc1. The van der Waals surface area contributed by atoms with Gasteiger partial charge >= 0.3 is 0 Å². The van der Waals surface area contributed by atoms with Gasteiger partial charge in [-0.25, -0.2) is 4.98 Å². The number of fused-ring (bicyclic) bond motifs is 5. The number of anilines is 1. The Morgan fingerprint density at radius 1 is 1.03 bits per heavy atom. The minimum Gasteiger partial charge on any atom is -0.497 e. The molecule has 0 radical (unpaired) electrons. The first kappa shape index (κ1) is 18.9. The highest BCUT2D eigenvalue weighted by Gasteiger charge is 2.36. The number of ether oxygens (including phenoxy) is 2. The Bertz CT molecular complexity index is 1390. The van der Waals surface area contributed by atoms with Crippen molar-refractivity contribution in [3.8, 4) is 17.4 Å². The Kier molecular flexibility index (Phi) is 4.18. The Morgan fingerprint density at radius 2 is 1.84 bits per heavy atom. The molecule has 0 bridgehead atoms. The number of Topliss-reactive ketones (excluding diaryl/α,β-unsaturated/α-hetero) is 1. The molecule has 1 aliphatic carbocycles. The van der Waals surface area contributed by atoms with Crippen molar-refractivity contribution >= 4 is 22.2 Å². The van der Waals surface area contributed by atoms with Crippen molar-refractivity contribution in [3.63, 3.8) is 0 Å². The van der Waals surface area contributed by atoms with E-state index < -0.39 is 0 Å². The molecule has 2 heterocycles. The number of hydrogen-bond acceptors (Lipinski definition) is 5. The second kappa shape index (κ2) is 7.09. The first-order valence-corrected chi connectivity index (χ1v) is 10.8. The van der Waals surface area contributed by atoms with Crippen molar-refractivity contribution in [3.05, 3.63) is 88.6 Å². The molecule has 2 N–H and O–H groups in total. The zero-order valence-corrected chi connectivity index (χ0v) is 17.7. The third-order valence-corrected chi connectivity index (χ3v) is 6.57. The van der Waals surface area contributed by atoms with E-state index >= 15 is 0 Å². The molecule has 3 aromatic carbocycles. The molecule has 1 aliphatic heterocycles. The van der Waals surface area contributed by atoms with Crippen molar-refractivity contribution in [2.24, 2.45) is 0 Å². The summed E-state index contributed by atoms with van der Waals surface area (Å²) in [5.74, 6) is 1.95. The average Bonchev–Trinajstić information content (AvgIpc) is 2.83. The van der Waals surface area contributed by atoms with E-state index in [1.807, 2.05) is 36.4 Å². The molecule has 0 fully saturated rings. The summed E-state index contributed by atoms with van der Waals surface area (Å²) in [7, 11) is 1.65. The summed E-state index contributed by atoms with van der Waals surface area (Å²) >= 11 is 0. The number of methoxy groups -OCH3 is 1. The first-order chi connectivity index (χ1) is 15.7. The minimum absolute atomic E-state index is 0.0665. The van der Waals surface area contributed by atoms with E-state index in [0.29, 0.717) is 23.6 Å². The predicted octanol–water partition coefficient (Wildman–Crippen LogP) is 5.63. The number of carbonyl (C=O) groups is 1. The highest BCUT2D eigenvalue weighted by molar-refractivity contribution is 6.04. The number of rotatable bonds is 2. The maximum atomic E-state index is 12.8. The average molecular weight is 422 g/mol. The van der Waals surface area contributed by atoms with Crippen LogP contribution in [-0.2, 0) is 6.42 Å². The summed E-state index contributed by atoms with van der Waals surface area (Å²) < 4.78 is 11.8. The largest absolute Gasteiger partial charge is 0.497 e. The summed E-state index contributed by atoms with van der Waals surface area (Å²) in [6.45, 7) is 0. The molecule has 1 unspecified atom stereocenters. The predicted molar refractivity (Wildman–Crippen MR) is 124 cm³/mol. The van der Waals surface area contributed by atoms with Gasteiger partial charge in [0, 0.05) is 23.3 Å². The molecule has 2 aliphatic rings. The summed E-state index contributed by atoms with van der Waals surface area (Å²) in [5.41, 5.74) is 11.3. The number of benzene rings is 3. The van der Waals surface area contributed by atoms with Gasteiger partial charge in [0.15, 0.2) is 5.78 Å². The highest BCUT2D eigenvalue weighted by atomic mass is 16.5. The summed E-state index contributed by atoms with van der Waals surface area (Å²) in [4.78, 5) is 17.6. The van der Waals surface area contributed by atoms with Crippen molar-refractivity contribution in [2.75, 3.05) is 12.8 Å². The van der Waals surface area contributed by atoms with Crippen LogP contribution in [0.2, 0.25) is 0 Å². The van der Waals surface area contributed by atoms with E-state index in [4.69, 9.17) is 20.2 Å². The minimum atomic E-state index is -0.197. The van der Waals surface area contributed by atoms with Crippen molar-refractivity contribution in [2.45, 2.75) is 25.2 Å². The maximum absolute atomic E-state index is 12.8. The number of pyridine rings is 1. The van der Waals surface area contributed by atoms with Gasteiger partial charge in [-0.3, -0.25) is 4.79 Å². The molecule has 0 amide bonds. The van der Waals surface area contributed by atoms with Crippen LogP contribution in [0.25, 0.3) is 10.8 Å². The summed E-state index contributed by atoms with van der Waals surface area (Å²) in [6, 6.07) is 20.3. The summed E-state index contributed by atoms with van der Waals surface area (Å²) in [6.07, 6.45) is 2.03. The van der Waals surface area contributed by atoms with Crippen molar-refractivity contribution in [1.29, 1.82) is 0 Å². The van der Waals surface area contributed by atoms with Gasteiger partial charge in [0.1, 0.15) is 11.5 Å². The van der Waals surface area contributed by atoms with Gasteiger partial charge < -0.3 is 15.2 Å². The fourth-order valence-corrected chi connectivity index (χ4v) is 5.03. The second-order valence-electron chi connectivity index (χ2n) is 8.36. The molecule has 0 saturated carbocycles. The lowest BCUT2D eigenvalue weighted by Crippen LogP contribution is -2.22. The number of nitrogen functional groups attached to an aromatic ring is 1. The van der Waals surface area contributed by atoms with Crippen LogP contribution in [0.15, 0.2) is 60.7 Å². The number of ketones is 1. The monoisotopic (exact) mass is 422 g/mol. The van der Waals surface area contributed by atoms with Crippen LogP contribution >= 0.6 is 0 Å². The number of carbonyl (C=O) groups excluding carboxylic acids is 1. The van der Waals surface area contributed by atoms with E-state index in [2.05, 4.69) is 24.3 Å². The van der Waals surface area contributed by atoms with Crippen molar-refractivity contribution < 1.29 is 14.3 Å². The fraction of sp³-hybridized carbons (Fsp3) is 0.185. The van der Waals surface area contributed by atoms with Crippen LogP contribution in [0.5, 0.6) is 17.4 Å². The van der Waals surface area contributed by atoms with E-state index in [0.717, 1.165) is 57.5 Å². The van der Waals surface area contributed by atoms with Gasteiger partial charge in [-0.05, 0) is 35.9 Å². The lowest BCUT2D eigenvalue weighted by Gasteiger charge is -2.32.